The summed E-state index contributed by atoms with van der Waals surface area (Å²) in [5.41, 5.74) is 3.18. The maximum Gasteiger partial charge on any atom is 0.262 e. The molecule has 0 radical (unpaired) electrons. The van der Waals surface area contributed by atoms with Crippen LogP contribution in [-0.4, -0.2) is 15.6 Å². The van der Waals surface area contributed by atoms with Crippen molar-refractivity contribution in [3.63, 3.8) is 0 Å². The summed E-state index contributed by atoms with van der Waals surface area (Å²) in [7, 11) is 0. The van der Waals surface area contributed by atoms with E-state index in [2.05, 4.69) is 22.4 Å². The first-order chi connectivity index (χ1) is 16.1. The third kappa shape index (κ3) is 4.75. The number of thiophene rings is 1. The quantitative estimate of drug-likeness (QED) is 0.417. The molecule has 0 saturated carbocycles. The molecule has 33 heavy (non-hydrogen) atoms. The van der Waals surface area contributed by atoms with Gasteiger partial charge in [-0.25, -0.2) is 13.8 Å². The van der Waals surface area contributed by atoms with E-state index in [9.17, 15) is 13.6 Å². The van der Waals surface area contributed by atoms with Crippen LogP contribution in [0.15, 0.2) is 59.7 Å². The first kappa shape index (κ1) is 21.9. The van der Waals surface area contributed by atoms with Crippen LogP contribution in [0.1, 0.15) is 34.4 Å². The number of halogens is 2. The topological polar surface area (TPSA) is 46.9 Å². The van der Waals surface area contributed by atoms with Gasteiger partial charge >= 0.3 is 0 Å². The molecule has 0 aliphatic heterocycles. The Morgan fingerprint density at radius 1 is 1.09 bits per heavy atom. The van der Waals surface area contributed by atoms with Crippen LogP contribution in [0, 0.1) is 11.6 Å². The van der Waals surface area contributed by atoms with Crippen LogP contribution in [0.3, 0.4) is 0 Å². The van der Waals surface area contributed by atoms with Crippen molar-refractivity contribution in [2.75, 3.05) is 0 Å². The second-order valence-corrected chi connectivity index (χ2v) is 9.67. The summed E-state index contributed by atoms with van der Waals surface area (Å²) in [6, 6.07) is 14.5. The smallest absolute Gasteiger partial charge is 0.262 e. The second kappa shape index (κ2) is 9.53. The first-order valence-corrected chi connectivity index (χ1v) is 12.1. The van der Waals surface area contributed by atoms with Gasteiger partial charge in [-0.15, -0.1) is 11.3 Å². The van der Waals surface area contributed by atoms with Crippen LogP contribution in [0.2, 0.25) is 0 Å². The number of nitrogens with zero attached hydrogens (tertiary/aromatic N) is 2. The summed E-state index contributed by atoms with van der Waals surface area (Å²) in [5, 5.41) is 4.23. The third-order valence-corrected chi connectivity index (χ3v) is 7.48. The van der Waals surface area contributed by atoms with Crippen molar-refractivity contribution >= 4 is 21.6 Å². The molecule has 2 aromatic carbocycles. The molecule has 1 aliphatic carbocycles. The van der Waals surface area contributed by atoms with Gasteiger partial charge in [0, 0.05) is 24.0 Å². The van der Waals surface area contributed by atoms with E-state index < -0.39 is 11.6 Å². The Morgan fingerprint density at radius 3 is 2.76 bits per heavy atom. The van der Waals surface area contributed by atoms with E-state index in [4.69, 9.17) is 0 Å². The molecule has 7 heteroatoms. The number of hydrogen-bond donors (Lipinski definition) is 1. The molecule has 170 valence electrons. The van der Waals surface area contributed by atoms with Gasteiger partial charge < -0.3 is 5.32 Å². The van der Waals surface area contributed by atoms with E-state index in [1.165, 1.54) is 16.5 Å². The number of hydrogen-bond acceptors (Lipinski definition) is 4. The highest BCUT2D eigenvalue weighted by Gasteiger charge is 2.25. The molecule has 0 fully saturated rings. The molecular weight excluding hydrogens is 440 g/mol. The average molecular weight is 466 g/mol. The highest BCUT2D eigenvalue weighted by Crippen LogP contribution is 2.33. The standard InChI is InChI=1S/C26H25F2N3OS/c27-21-11-8-18(13-22(21)28)15-29-19-9-10-20-23(14-19)33-25-24(20)26(32)31(16-30-25)12-4-7-17-5-2-1-3-6-17/h1-3,5-6,8,11,13,16,19,29H,4,7,9-10,12,14-15H2/t19-/m0/s1. The minimum atomic E-state index is -0.829. The highest BCUT2D eigenvalue weighted by atomic mass is 32.1. The normalized spacial score (nSPS) is 15.6. The minimum Gasteiger partial charge on any atom is -0.310 e. The van der Waals surface area contributed by atoms with Gasteiger partial charge in [0.05, 0.1) is 11.7 Å². The van der Waals surface area contributed by atoms with Gasteiger partial charge in [-0.2, -0.15) is 0 Å². The largest absolute Gasteiger partial charge is 0.310 e. The molecule has 0 unspecified atom stereocenters. The zero-order valence-electron chi connectivity index (χ0n) is 18.2. The monoisotopic (exact) mass is 465 g/mol. The van der Waals surface area contributed by atoms with Crippen LogP contribution in [0.4, 0.5) is 8.78 Å². The first-order valence-electron chi connectivity index (χ1n) is 11.3. The maximum atomic E-state index is 13.5. The molecule has 2 aromatic heterocycles. The fraction of sp³-hybridized carbons (Fsp3) is 0.308. The highest BCUT2D eigenvalue weighted by molar-refractivity contribution is 7.18. The Hall–Kier alpha value is -2.90. The molecule has 2 heterocycles. The summed E-state index contributed by atoms with van der Waals surface area (Å²) in [6.45, 7) is 1.13. The van der Waals surface area contributed by atoms with Gasteiger partial charge in [-0.3, -0.25) is 9.36 Å². The van der Waals surface area contributed by atoms with Gasteiger partial charge in [-0.1, -0.05) is 36.4 Å². The number of nitrogens with one attached hydrogen (secondary N) is 1. The SMILES string of the molecule is O=c1c2c3c(sc2ncn1CCCc1ccccc1)C[C@@H](NCc1ccc(F)c(F)c1)CC3. The van der Waals surface area contributed by atoms with Crippen LogP contribution in [-0.2, 0) is 32.4 Å². The van der Waals surface area contributed by atoms with Gasteiger partial charge in [0.15, 0.2) is 11.6 Å². The van der Waals surface area contributed by atoms with E-state index in [1.807, 2.05) is 18.2 Å². The Balaban J connectivity index is 1.27. The third-order valence-electron chi connectivity index (χ3n) is 6.32. The summed E-state index contributed by atoms with van der Waals surface area (Å²) < 4.78 is 28.3. The molecule has 1 aliphatic rings. The Morgan fingerprint density at radius 2 is 1.94 bits per heavy atom. The average Bonchev–Trinajstić information content (AvgIpc) is 3.20. The van der Waals surface area contributed by atoms with E-state index in [-0.39, 0.29) is 11.6 Å². The fourth-order valence-corrected chi connectivity index (χ4v) is 5.80. The van der Waals surface area contributed by atoms with E-state index in [1.54, 1.807) is 28.3 Å². The lowest BCUT2D eigenvalue weighted by molar-refractivity contribution is 0.459. The molecule has 4 nitrogen and oxygen atoms in total. The van der Waals surface area contributed by atoms with Crippen LogP contribution < -0.4 is 10.9 Å². The number of rotatable bonds is 7. The van der Waals surface area contributed by atoms with E-state index in [0.29, 0.717) is 13.1 Å². The molecule has 1 N–H and O–H groups in total. The van der Waals surface area contributed by atoms with Gasteiger partial charge in [-0.05, 0) is 60.9 Å². The van der Waals surface area contributed by atoms with Gasteiger partial charge in [0.2, 0.25) is 0 Å². The number of fused-ring (bicyclic) bond motifs is 3. The van der Waals surface area contributed by atoms with Crippen LogP contribution in [0.5, 0.6) is 0 Å². The molecule has 4 aromatic rings. The summed E-state index contributed by atoms with van der Waals surface area (Å²) >= 11 is 1.60. The lowest BCUT2D eigenvalue weighted by atomic mass is 9.93. The van der Waals surface area contributed by atoms with Crippen molar-refractivity contribution < 1.29 is 8.78 Å². The molecule has 0 amide bonds. The Labute approximate surface area is 194 Å². The summed E-state index contributed by atoms with van der Waals surface area (Å²) in [5.74, 6) is -1.65. The van der Waals surface area contributed by atoms with Crippen LogP contribution >= 0.6 is 11.3 Å². The number of aryl methyl sites for hydroxylation is 3. The second-order valence-electron chi connectivity index (χ2n) is 8.59. The molecule has 0 saturated heterocycles. The lowest BCUT2D eigenvalue weighted by Crippen LogP contribution is -2.33. The molecule has 1 atom stereocenters. The van der Waals surface area contributed by atoms with Crippen molar-refractivity contribution in [1.82, 2.24) is 14.9 Å². The lowest BCUT2D eigenvalue weighted by Gasteiger charge is -2.23. The van der Waals surface area contributed by atoms with Gasteiger partial charge in [0.25, 0.3) is 5.56 Å². The van der Waals surface area contributed by atoms with Crippen molar-refractivity contribution in [1.29, 1.82) is 0 Å². The van der Waals surface area contributed by atoms with E-state index >= 15 is 0 Å². The Kier molecular flexibility index (Phi) is 6.33. The maximum absolute atomic E-state index is 13.5. The van der Waals surface area contributed by atoms with Crippen molar-refractivity contribution in [3.8, 4) is 0 Å². The van der Waals surface area contributed by atoms with Gasteiger partial charge in [0.1, 0.15) is 4.83 Å². The Bertz CT molecular complexity index is 1330. The van der Waals surface area contributed by atoms with Crippen LogP contribution in [0.25, 0.3) is 10.2 Å². The van der Waals surface area contributed by atoms with Crippen molar-refractivity contribution in [2.24, 2.45) is 0 Å². The zero-order valence-corrected chi connectivity index (χ0v) is 19.0. The molecule has 0 bridgehead atoms. The molecular formula is C26H25F2N3OS. The van der Waals surface area contributed by atoms with E-state index in [0.717, 1.165) is 59.5 Å². The molecule has 5 rings (SSSR count). The molecule has 0 spiro atoms. The number of benzene rings is 2. The minimum absolute atomic E-state index is 0.0544. The predicted octanol–water partition coefficient (Wildman–Crippen LogP) is 5.02. The summed E-state index contributed by atoms with van der Waals surface area (Å²) in [4.78, 5) is 19.8. The number of aromatic nitrogens is 2. The van der Waals surface area contributed by atoms with Crippen molar-refractivity contribution in [3.05, 3.63) is 98.4 Å². The summed E-state index contributed by atoms with van der Waals surface area (Å²) in [6.07, 6.45) is 6.02. The predicted molar refractivity (Wildman–Crippen MR) is 128 cm³/mol. The van der Waals surface area contributed by atoms with Crippen molar-refractivity contribution in [2.45, 2.75) is 51.2 Å². The fourth-order valence-electron chi connectivity index (χ4n) is 4.54. The zero-order chi connectivity index (χ0) is 22.8.